The summed E-state index contributed by atoms with van der Waals surface area (Å²) >= 11 is 2.85. The lowest BCUT2D eigenvalue weighted by Gasteiger charge is -2.00. The van der Waals surface area contributed by atoms with Crippen LogP contribution in [0, 0.1) is 11.6 Å². The third kappa shape index (κ3) is 1.75. The van der Waals surface area contributed by atoms with Crippen LogP contribution in [0.3, 0.4) is 0 Å². The van der Waals surface area contributed by atoms with E-state index in [2.05, 4.69) is 15.9 Å². The number of halogens is 3. The molecular formula is C7H6BrF2N. The molecule has 0 bridgehead atoms. The molecule has 0 heterocycles. The van der Waals surface area contributed by atoms with Crippen molar-refractivity contribution in [3.05, 3.63) is 33.8 Å². The van der Waals surface area contributed by atoms with Crippen molar-refractivity contribution >= 4 is 15.9 Å². The first-order chi connectivity index (χ1) is 5.15. The summed E-state index contributed by atoms with van der Waals surface area (Å²) in [6.07, 6.45) is 0. The molecule has 0 atom stereocenters. The molecule has 1 nitrogen and oxygen atoms in total. The molecule has 60 valence electrons. The number of nitrogens with two attached hydrogens (primary N) is 1. The second-order valence-electron chi connectivity index (χ2n) is 2.06. The Morgan fingerprint density at radius 3 is 2.45 bits per heavy atom. The van der Waals surface area contributed by atoms with Gasteiger partial charge in [-0.2, -0.15) is 0 Å². The van der Waals surface area contributed by atoms with Gasteiger partial charge in [-0.25, -0.2) is 8.78 Å². The van der Waals surface area contributed by atoms with Gasteiger partial charge in [0.25, 0.3) is 0 Å². The first kappa shape index (κ1) is 8.62. The number of hydrogen-bond acceptors (Lipinski definition) is 1. The van der Waals surface area contributed by atoms with Gasteiger partial charge in [0.05, 0.1) is 4.47 Å². The molecule has 0 unspecified atom stereocenters. The van der Waals surface area contributed by atoms with Crippen molar-refractivity contribution in [1.82, 2.24) is 0 Å². The van der Waals surface area contributed by atoms with Crippen LogP contribution < -0.4 is 5.73 Å². The van der Waals surface area contributed by atoms with Gasteiger partial charge in [-0.15, -0.1) is 0 Å². The first-order valence-corrected chi connectivity index (χ1v) is 3.78. The summed E-state index contributed by atoms with van der Waals surface area (Å²) < 4.78 is 25.5. The Bertz CT molecular complexity index is 275. The summed E-state index contributed by atoms with van der Waals surface area (Å²) in [4.78, 5) is 0. The minimum atomic E-state index is -0.494. The molecule has 1 rings (SSSR count). The monoisotopic (exact) mass is 221 g/mol. The molecule has 0 saturated heterocycles. The summed E-state index contributed by atoms with van der Waals surface area (Å²) in [5.41, 5.74) is 5.33. The van der Waals surface area contributed by atoms with Crippen molar-refractivity contribution in [2.24, 2.45) is 5.73 Å². The molecule has 0 amide bonds. The first-order valence-electron chi connectivity index (χ1n) is 2.98. The zero-order valence-electron chi connectivity index (χ0n) is 5.57. The molecule has 0 aliphatic heterocycles. The summed E-state index contributed by atoms with van der Waals surface area (Å²) in [5, 5.41) is 0. The maximum atomic E-state index is 12.8. The number of hydrogen-bond donors (Lipinski definition) is 1. The lowest BCUT2D eigenvalue weighted by Crippen LogP contribution is -2.00. The standard InChI is InChI=1S/C7H6BrF2N/c8-5-2-6(9)4(3-11)1-7(5)10/h1-2H,3,11H2. The zero-order chi connectivity index (χ0) is 8.43. The molecule has 0 saturated carbocycles. The van der Waals surface area contributed by atoms with Gasteiger partial charge in [0.15, 0.2) is 0 Å². The van der Waals surface area contributed by atoms with E-state index in [1.807, 2.05) is 0 Å². The molecule has 0 aromatic heterocycles. The van der Waals surface area contributed by atoms with E-state index in [9.17, 15) is 8.78 Å². The minimum Gasteiger partial charge on any atom is -0.326 e. The molecule has 4 heteroatoms. The Morgan fingerprint density at radius 2 is 1.91 bits per heavy atom. The van der Waals surface area contributed by atoms with Gasteiger partial charge in [0, 0.05) is 12.1 Å². The number of benzene rings is 1. The quantitative estimate of drug-likeness (QED) is 0.724. The van der Waals surface area contributed by atoms with Crippen LogP contribution in [-0.4, -0.2) is 0 Å². The predicted octanol–water partition coefficient (Wildman–Crippen LogP) is 2.19. The summed E-state index contributed by atoms with van der Waals surface area (Å²) in [5.74, 6) is -0.979. The smallest absolute Gasteiger partial charge is 0.137 e. The van der Waals surface area contributed by atoms with Crippen molar-refractivity contribution < 1.29 is 8.78 Å². The van der Waals surface area contributed by atoms with Crippen LogP contribution in [0.15, 0.2) is 16.6 Å². The summed E-state index contributed by atoms with van der Waals surface area (Å²) in [6.45, 7) is 0.00995. The topological polar surface area (TPSA) is 26.0 Å². The zero-order valence-corrected chi connectivity index (χ0v) is 7.16. The van der Waals surface area contributed by atoms with Crippen molar-refractivity contribution in [2.75, 3.05) is 0 Å². The number of rotatable bonds is 1. The molecule has 0 spiro atoms. The molecular weight excluding hydrogens is 216 g/mol. The van der Waals surface area contributed by atoms with E-state index in [4.69, 9.17) is 5.73 Å². The maximum Gasteiger partial charge on any atom is 0.137 e. The van der Waals surface area contributed by atoms with Crippen LogP contribution in [0.5, 0.6) is 0 Å². The highest BCUT2D eigenvalue weighted by Gasteiger charge is 2.05. The summed E-state index contributed by atoms with van der Waals surface area (Å²) in [6, 6.07) is 2.15. The van der Waals surface area contributed by atoms with Crippen LogP contribution >= 0.6 is 15.9 Å². The van der Waals surface area contributed by atoms with Gasteiger partial charge in [-0.1, -0.05) is 0 Å². The highest BCUT2D eigenvalue weighted by Crippen LogP contribution is 2.19. The average Bonchev–Trinajstić information content (AvgIpc) is 1.97. The highest BCUT2D eigenvalue weighted by molar-refractivity contribution is 9.10. The van der Waals surface area contributed by atoms with E-state index in [1.54, 1.807) is 0 Å². The van der Waals surface area contributed by atoms with Gasteiger partial charge in [0.2, 0.25) is 0 Å². The van der Waals surface area contributed by atoms with E-state index in [-0.39, 0.29) is 16.6 Å². The van der Waals surface area contributed by atoms with Gasteiger partial charge >= 0.3 is 0 Å². The third-order valence-corrected chi connectivity index (χ3v) is 1.92. The van der Waals surface area contributed by atoms with Crippen LogP contribution in [0.1, 0.15) is 5.56 Å². The van der Waals surface area contributed by atoms with Gasteiger partial charge in [-0.3, -0.25) is 0 Å². The molecule has 0 radical (unpaired) electrons. The Labute approximate surface area is 71.3 Å². The Balaban J connectivity index is 3.21. The minimum absolute atomic E-state index is 0.00995. The Hall–Kier alpha value is -0.480. The molecule has 1 aromatic carbocycles. The van der Waals surface area contributed by atoms with E-state index in [1.165, 1.54) is 0 Å². The van der Waals surface area contributed by atoms with Crippen LogP contribution in [0.4, 0.5) is 8.78 Å². The predicted molar refractivity (Wildman–Crippen MR) is 41.9 cm³/mol. The van der Waals surface area contributed by atoms with Gasteiger partial charge in [-0.05, 0) is 28.1 Å². The highest BCUT2D eigenvalue weighted by atomic mass is 79.9. The molecule has 0 fully saturated rings. The second kappa shape index (κ2) is 3.28. The van der Waals surface area contributed by atoms with Crippen molar-refractivity contribution in [1.29, 1.82) is 0 Å². The Morgan fingerprint density at radius 1 is 1.27 bits per heavy atom. The maximum absolute atomic E-state index is 12.8. The molecule has 0 aliphatic carbocycles. The lowest BCUT2D eigenvalue weighted by molar-refractivity contribution is 0.581. The van der Waals surface area contributed by atoms with Crippen molar-refractivity contribution in [3.8, 4) is 0 Å². The normalized spacial score (nSPS) is 10.2. The van der Waals surface area contributed by atoms with E-state index < -0.39 is 11.6 Å². The Kier molecular flexibility index (Phi) is 2.57. The van der Waals surface area contributed by atoms with Crippen LogP contribution in [0.2, 0.25) is 0 Å². The van der Waals surface area contributed by atoms with E-state index >= 15 is 0 Å². The lowest BCUT2D eigenvalue weighted by atomic mass is 10.2. The third-order valence-electron chi connectivity index (χ3n) is 1.31. The molecule has 0 aliphatic rings. The van der Waals surface area contributed by atoms with Gasteiger partial charge < -0.3 is 5.73 Å². The molecule has 1 aromatic rings. The fourth-order valence-electron chi connectivity index (χ4n) is 0.720. The largest absolute Gasteiger partial charge is 0.326 e. The van der Waals surface area contributed by atoms with E-state index in [0.29, 0.717) is 0 Å². The average molecular weight is 222 g/mol. The molecule has 11 heavy (non-hydrogen) atoms. The van der Waals surface area contributed by atoms with Crippen LogP contribution in [0.25, 0.3) is 0 Å². The second-order valence-corrected chi connectivity index (χ2v) is 2.92. The SMILES string of the molecule is NCc1cc(F)c(Br)cc1F. The molecule has 2 N–H and O–H groups in total. The fourth-order valence-corrected chi connectivity index (χ4v) is 1.04. The van der Waals surface area contributed by atoms with E-state index in [0.717, 1.165) is 12.1 Å². The fraction of sp³-hybridized carbons (Fsp3) is 0.143. The van der Waals surface area contributed by atoms with Gasteiger partial charge in [0.1, 0.15) is 11.6 Å². The van der Waals surface area contributed by atoms with Crippen LogP contribution in [-0.2, 0) is 6.54 Å². The van der Waals surface area contributed by atoms with Crippen molar-refractivity contribution in [3.63, 3.8) is 0 Å². The van der Waals surface area contributed by atoms with Crippen molar-refractivity contribution in [2.45, 2.75) is 6.54 Å². The summed E-state index contributed by atoms with van der Waals surface area (Å²) in [7, 11) is 0.